The maximum absolute atomic E-state index is 13.4. The fourth-order valence-electron chi connectivity index (χ4n) is 4.63. The molecule has 3 aromatic heterocycles. The number of amides is 1. The van der Waals surface area contributed by atoms with E-state index in [1.165, 1.54) is 0 Å². The Hall–Kier alpha value is -4.81. The van der Waals surface area contributed by atoms with Gasteiger partial charge in [0.1, 0.15) is 11.4 Å². The van der Waals surface area contributed by atoms with Crippen LogP contribution in [-0.2, 0) is 7.05 Å². The van der Waals surface area contributed by atoms with Gasteiger partial charge in [0.05, 0.1) is 17.8 Å². The summed E-state index contributed by atoms with van der Waals surface area (Å²) in [5.74, 6) is 6.99. The lowest BCUT2D eigenvalue weighted by molar-refractivity contribution is 0.0942. The molecule has 6 rings (SSSR count). The van der Waals surface area contributed by atoms with Gasteiger partial charge < -0.3 is 16.4 Å². The summed E-state index contributed by atoms with van der Waals surface area (Å²) in [5.41, 5.74) is 10.4. The van der Waals surface area contributed by atoms with Gasteiger partial charge in [0, 0.05) is 52.1 Å². The van der Waals surface area contributed by atoms with Gasteiger partial charge in [-0.3, -0.25) is 9.48 Å². The Morgan fingerprint density at radius 2 is 2.00 bits per heavy atom. The number of nitrogen functional groups attached to an aromatic ring is 1. The summed E-state index contributed by atoms with van der Waals surface area (Å²) in [7, 11) is 1.87. The number of aromatic nitrogens is 4. The molecule has 1 amide bonds. The highest BCUT2D eigenvalue weighted by molar-refractivity contribution is 7.19. The van der Waals surface area contributed by atoms with Crippen molar-refractivity contribution >= 4 is 45.2 Å². The van der Waals surface area contributed by atoms with Crippen LogP contribution in [-0.4, -0.2) is 32.0 Å². The molecule has 0 aliphatic carbocycles. The summed E-state index contributed by atoms with van der Waals surface area (Å²) >= 11 is 1.67. The molecule has 1 unspecified atom stereocenters. The number of aryl methyl sites for hydroxylation is 1. The average molecular weight is 520 g/mol. The minimum absolute atomic E-state index is 0.195. The molecule has 0 fully saturated rings. The molecule has 4 heterocycles. The Labute approximate surface area is 223 Å². The van der Waals surface area contributed by atoms with Crippen LogP contribution in [0.3, 0.4) is 0 Å². The maximum Gasteiger partial charge on any atom is 0.259 e. The summed E-state index contributed by atoms with van der Waals surface area (Å²) in [4.78, 5) is 14.5. The van der Waals surface area contributed by atoms with Crippen molar-refractivity contribution in [3.63, 3.8) is 0 Å². The van der Waals surface area contributed by atoms with Gasteiger partial charge in [-0.05, 0) is 36.8 Å². The molecule has 0 spiro atoms. The molecule has 8 nitrogen and oxygen atoms in total. The quantitative estimate of drug-likeness (QED) is 0.294. The third-order valence-corrected chi connectivity index (χ3v) is 7.73. The summed E-state index contributed by atoms with van der Waals surface area (Å²) in [6.45, 7) is 2.61. The van der Waals surface area contributed by atoms with Crippen molar-refractivity contribution in [1.82, 2.24) is 24.9 Å². The number of hydrogen-bond acceptors (Lipinski definition) is 6. The molecule has 2 aromatic carbocycles. The number of carbonyl (C=O) groups excluding carboxylic acids is 1. The standard InChI is InChI=1S/C29H25N7OS/c1-18(33-29(37)25-27(30)34-36-14-6-13-31-28(25)36)26-24(21-7-4-3-5-8-21)22-15-19(11-12-23(22)38-26)9-10-20-16-32-35(2)17-20/h3-8,11-12,14-18,31H,13H2,1-2H3,(H2,30,34)(H,33,37). The highest BCUT2D eigenvalue weighted by Crippen LogP contribution is 2.42. The lowest BCUT2D eigenvalue weighted by Crippen LogP contribution is -2.28. The number of nitrogens with one attached hydrogen (secondary N) is 2. The zero-order valence-electron chi connectivity index (χ0n) is 20.9. The number of nitrogens with zero attached hydrogens (tertiary/aromatic N) is 4. The van der Waals surface area contributed by atoms with E-state index in [4.69, 9.17) is 5.73 Å². The van der Waals surface area contributed by atoms with Gasteiger partial charge in [0.2, 0.25) is 0 Å². The summed E-state index contributed by atoms with van der Waals surface area (Å²) in [6.07, 6.45) is 7.37. The molecule has 0 radical (unpaired) electrons. The largest absolute Gasteiger partial charge is 0.381 e. The fourth-order valence-corrected chi connectivity index (χ4v) is 5.84. The van der Waals surface area contributed by atoms with Crippen LogP contribution in [0.15, 0.2) is 67.0 Å². The molecular weight excluding hydrogens is 494 g/mol. The first kappa shape index (κ1) is 23.6. The van der Waals surface area contributed by atoms with Crippen molar-refractivity contribution in [2.45, 2.75) is 13.0 Å². The van der Waals surface area contributed by atoms with Crippen molar-refractivity contribution in [2.24, 2.45) is 7.05 Å². The van der Waals surface area contributed by atoms with Crippen LogP contribution >= 0.6 is 11.3 Å². The van der Waals surface area contributed by atoms with Gasteiger partial charge in [-0.25, -0.2) is 4.68 Å². The Kier molecular flexibility index (Phi) is 5.94. The Morgan fingerprint density at radius 1 is 1.18 bits per heavy atom. The zero-order chi connectivity index (χ0) is 26.2. The predicted octanol–water partition coefficient (Wildman–Crippen LogP) is 4.87. The predicted molar refractivity (Wildman–Crippen MR) is 153 cm³/mol. The summed E-state index contributed by atoms with van der Waals surface area (Å²) in [6, 6.07) is 16.2. The van der Waals surface area contributed by atoms with E-state index in [1.807, 2.05) is 50.5 Å². The number of hydrogen-bond donors (Lipinski definition) is 3. The van der Waals surface area contributed by atoms with Crippen LogP contribution in [0.2, 0.25) is 0 Å². The van der Waals surface area contributed by atoms with E-state index in [0.717, 1.165) is 37.2 Å². The zero-order valence-corrected chi connectivity index (χ0v) is 21.7. The Balaban J connectivity index is 1.39. The molecule has 5 aromatic rings. The first-order valence-corrected chi connectivity index (χ1v) is 13.0. The minimum atomic E-state index is -0.269. The maximum atomic E-state index is 13.4. The second-order valence-corrected chi connectivity index (χ2v) is 10.2. The van der Waals surface area contributed by atoms with Gasteiger partial charge in [0.25, 0.3) is 5.91 Å². The number of fused-ring (bicyclic) bond motifs is 2. The van der Waals surface area contributed by atoms with Gasteiger partial charge in [0.15, 0.2) is 5.82 Å². The second-order valence-electron chi connectivity index (χ2n) is 9.09. The number of carbonyl (C=O) groups is 1. The first-order valence-electron chi connectivity index (χ1n) is 12.2. The molecule has 9 heteroatoms. The monoisotopic (exact) mass is 519 g/mol. The third kappa shape index (κ3) is 4.31. The third-order valence-electron chi connectivity index (χ3n) is 6.37. The SMILES string of the molecule is CC(NC(=O)c1c(N)nn2c1NCC=C2)c1sc2ccc(C#Cc3cnn(C)c3)cc2c1-c1ccccc1. The van der Waals surface area contributed by atoms with E-state index in [-0.39, 0.29) is 17.8 Å². The molecule has 0 saturated carbocycles. The van der Waals surface area contributed by atoms with E-state index < -0.39 is 0 Å². The van der Waals surface area contributed by atoms with Crippen molar-refractivity contribution in [2.75, 3.05) is 17.6 Å². The molecule has 4 N–H and O–H groups in total. The van der Waals surface area contributed by atoms with Crippen molar-refractivity contribution in [1.29, 1.82) is 0 Å². The lowest BCUT2D eigenvalue weighted by Gasteiger charge is -2.16. The van der Waals surface area contributed by atoms with E-state index in [9.17, 15) is 4.79 Å². The van der Waals surface area contributed by atoms with Crippen LogP contribution < -0.4 is 16.4 Å². The van der Waals surface area contributed by atoms with Crippen molar-refractivity contribution in [3.8, 4) is 23.0 Å². The average Bonchev–Trinajstić information content (AvgIpc) is 3.61. The minimum Gasteiger partial charge on any atom is -0.381 e. The molecule has 0 bridgehead atoms. The molecule has 38 heavy (non-hydrogen) atoms. The highest BCUT2D eigenvalue weighted by atomic mass is 32.1. The molecule has 188 valence electrons. The lowest BCUT2D eigenvalue weighted by atomic mass is 9.98. The number of nitrogens with two attached hydrogens (primary N) is 1. The second kappa shape index (κ2) is 9.57. The van der Waals surface area contributed by atoms with E-state index in [2.05, 4.69) is 56.9 Å². The van der Waals surface area contributed by atoms with Gasteiger partial charge in [-0.1, -0.05) is 42.2 Å². The molecule has 1 aliphatic rings. The van der Waals surface area contributed by atoms with Crippen molar-refractivity contribution in [3.05, 3.63) is 88.6 Å². The van der Waals surface area contributed by atoms with Gasteiger partial charge >= 0.3 is 0 Å². The summed E-state index contributed by atoms with van der Waals surface area (Å²) in [5, 5.41) is 15.9. The van der Waals surface area contributed by atoms with Gasteiger partial charge in [-0.15, -0.1) is 16.4 Å². The van der Waals surface area contributed by atoms with Crippen LogP contribution in [0, 0.1) is 11.8 Å². The van der Waals surface area contributed by atoms with Crippen molar-refractivity contribution < 1.29 is 4.79 Å². The summed E-state index contributed by atoms with van der Waals surface area (Å²) < 4.78 is 4.46. The molecular formula is C29H25N7OS. The molecule has 1 atom stereocenters. The van der Waals surface area contributed by atoms with Crippen LogP contribution in [0.4, 0.5) is 11.6 Å². The van der Waals surface area contributed by atoms with E-state index >= 15 is 0 Å². The smallest absolute Gasteiger partial charge is 0.259 e. The number of thiophene rings is 1. The van der Waals surface area contributed by atoms with Crippen LogP contribution in [0.25, 0.3) is 27.4 Å². The molecule has 1 aliphatic heterocycles. The first-order chi connectivity index (χ1) is 18.5. The van der Waals surface area contributed by atoms with E-state index in [0.29, 0.717) is 17.9 Å². The number of anilines is 2. The Morgan fingerprint density at radius 3 is 2.79 bits per heavy atom. The molecule has 0 saturated heterocycles. The Bertz CT molecular complexity index is 1770. The fraction of sp³-hybridized carbons (Fsp3) is 0.138. The topological polar surface area (TPSA) is 103 Å². The van der Waals surface area contributed by atoms with Crippen LogP contribution in [0.1, 0.15) is 39.3 Å². The number of rotatable bonds is 4. The number of benzene rings is 2. The highest BCUT2D eigenvalue weighted by Gasteiger charge is 2.26. The van der Waals surface area contributed by atoms with Gasteiger partial charge in [-0.2, -0.15) is 5.10 Å². The normalized spacial score (nSPS) is 12.9. The van der Waals surface area contributed by atoms with Crippen LogP contribution in [0.5, 0.6) is 0 Å². The van der Waals surface area contributed by atoms with E-state index in [1.54, 1.807) is 33.1 Å².